The number of carbonyl (C=O) groups is 1. The van der Waals surface area contributed by atoms with Crippen LogP contribution in [0.1, 0.15) is 21.5 Å². The van der Waals surface area contributed by atoms with Gasteiger partial charge in [-0.1, -0.05) is 25.5 Å². The number of amides is 1. The third-order valence-electron chi connectivity index (χ3n) is 4.12. The lowest BCUT2D eigenvalue weighted by Gasteiger charge is -2.40. The summed E-state index contributed by atoms with van der Waals surface area (Å²) < 4.78 is 89.9. The summed E-state index contributed by atoms with van der Waals surface area (Å²) in [5.41, 5.74) is 10.1. The monoisotopic (exact) mass is 471 g/mol. The smallest absolute Gasteiger partial charge is 0.310 e. The van der Waals surface area contributed by atoms with Crippen molar-refractivity contribution in [2.24, 2.45) is 16.5 Å². The number of hydrogen-bond donors (Lipinski definition) is 2. The second kappa shape index (κ2) is 6.41. The van der Waals surface area contributed by atoms with Crippen LogP contribution >= 0.6 is 10.2 Å². The molecule has 0 unspecified atom stereocenters. The molecular formula is C17H18F5N3O3S2. The first-order chi connectivity index (χ1) is 13.2. The molecule has 30 heavy (non-hydrogen) atoms. The Morgan fingerprint density at radius 3 is 1.93 bits per heavy atom. The van der Waals surface area contributed by atoms with Gasteiger partial charge in [0, 0.05) is 17.4 Å². The number of nitrogens with zero attached hydrogens (tertiary/aromatic N) is 1. The van der Waals surface area contributed by atoms with Gasteiger partial charge >= 0.3 is 10.2 Å². The fourth-order valence-corrected chi connectivity index (χ4v) is 4.42. The first kappa shape index (κ1) is 23.6. The van der Waals surface area contributed by atoms with Gasteiger partial charge in [0.1, 0.15) is 4.90 Å². The minimum absolute atomic E-state index is 0.0232. The van der Waals surface area contributed by atoms with E-state index in [0.717, 1.165) is 25.3 Å². The standard InChI is InChI=1S/C17H18F5N3O3S2/c1-9-6-11(30(18,19,20,21)22)4-5-12(9)14-7-10(2)13(16(26)25-17(23)24)8-15(14)29(3,27)28/h4-8H,1-3H3,(H4,23,24,25,26). The molecular weight excluding hydrogens is 453 g/mol. The van der Waals surface area contributed by atoms with E-state index >= 15 is 0 Å². The van der Waals surface area contributed by atoms with Crippen molar-refractivity contribution in [1.82, 2.24) is 0 Å². The van der Waals surface area contributed by atoms with Gasteiger partial charge in [-0.2, -0.15) is 4.99 Å². The van der Waals surface area contributed by atoms with Gasteiger partial charge < -0.3 is 11.5 Å². The maximum atomic E-state index is 13.1. The van der Waals surface area contributed by atoms with Crippen molar-refractivity contribution in [3.63, 3.8) is 0 Å². The summed E-state index contributed by atoms with van der Waals surface area (Å²) in [6, 6.07) is 3.46. The first-order valence-electron chi connectivity index (χ1n) is 8.04. The van der Waals surface area contributed by atoms with E-state index in [-0.39, 0.29) is 39.9 Å². The number of hydrogen-bond acceptors (Lipinski definition) is 3. The Bertz CT molecular complexity index is 1200. The van der Waals surface area contributed by atoms with Crippen molar-refractivity contribution in [3.05, 3.63) is 47.0 Å². The number of halogens is 5. The molecule has 0 fully saturated rings. The van der Waals surface area contributed by atoms with Crippen LogP contribution in [0.5, 0.6) is 0 Å². The SMILES string of the molecule is Cc1cc(-c2ccc(S(F)(F)(F)(F)F)cc2C)c(S(C)(=O)=O)cc1C(=O)N=C(N)N. The average molecular weight is 471 g/mol. The predicted octanol–water partition coefficient (Wildman–Crippen LogP) is 4.44. The molecule has 2 aromatic rings. The Morgan fingerprint density at radius 1 is 0.933 bits per heavy atom. The summed E-state index contributed by atoms with van der Waals surface area (Å²) in [7, 11) is -13.9. The van der Waals surface area contributed by atoms with Gasteiger partial charge in [0.05, 0.1) is 4.90 Å². The minimum atomic E-state index is -9.91. The van der Waals surface area contributed by atoms with E-state index in [2.05, 4.69) is 4.99 Å². The molecule has 0 aromatic heterocycles. The van der Waals surface area contributed by atoms with E-state index in [0.29, 0.717) is 0 Å². The molecule has 0 radical (unpaired) electrons. The molecule has 0 aliphatic carbocycles. The van der Waals surface area contributed by atoms with Crippen LogP contribution in [0.15, 0.2) is 45.1 Å². The van der Waals surface area contributed by atoms with E-state index in [9.17, 15) is 32.6 Å². The summed E-state index contributed by atoms with van der Waals surface area (Å²) in [4.78, 5) is 13.0. The third-order valence-corrected chi connectivity index (χ3v) is 6.40. The van der Waals surface area contributed by atoms with Crippen LogP contribution in [0.2, 0.25) is 0 Å². The zero-order chi connectivity index (χ0) is 23.3. The molecule has 4 N–H and O–H groups in total. The van der Waals surface area contributed by atoms with Gasteiger partial charge in [-0.15, -0.1) is 0 Å². The maximum absolute atomic E-state index is 13.1. The molecule has 0 saturated heterocycles. The highest BCUT2D eigenvalue weighted by Gasteiger charge is 2.65. The number of aryl methyl sites for hydroxylation is 2. The second-order valence-corrected chi connectivity index (χ2v) is 11.1. The van der Waals surface area contributed by atoms with Crippen molar-refractivity contribution in [2.75, 3.05) is 6.26 Å². The van der Waals surface area contributed by atoms with Crippen molar-refractivity contribution >= 4 is 31.9 Å². The van der Waals surface area contributed by atoms with Gasteiger partial charge in [0.15, 0.2) is 15.8 Å². The Balaban J connectivity index is 2.82. The highest BCUT2D eigenvalue weighted by atomic mass is 32.5. The van der Waals surface area contributed by atoms with Gasteiger partial charge in [0.25, 0.3) is 5.91 Å². The number of nitrogens with two attached hydrogens (primary N) is 2. The molecule has 0 spiro atoms. The third kappa shape index (κ3) is 5.08. The van der Waals surface area contributed by atoms with Crippen molar-refractivity contribution in [1.29, 1.82) is 0 Å². The topological polar surface area (TPSA) is 116 Å². The second-order valence-electron chi connectivity index (χ2n) is 6.72. The molecule has 0 heterocycles. The van der Waals surface area contributed by atoms with Crippen LogP contribution < -0.4 is 11.5 Å². The van der Waals surface area contributed by atoms with Gasteiger partial charge in [0.2, 0.25) is 0 Å². The molecule has 0 saturated carbocycles. The summed E-state index contributed by atoms with van der Waals surface area (Å²) in [5.74, 6) is -1.47. The zero-order valence-corrected chi connectivity index (χ0v) is 17.6. The molecule has 13 heteroatoms. The molecule has 2 aromatic carbocycles. The minimum Gasteiger partial charge on any atom is -0.370 e. The normalized spacial score (nSPS) is 14.5. The Hall–Kier alpha value is -2.67. The predicted molar refractivity (Wildman–Crippen MR) is 106 cm³/mol. The largest absolute Gasteiger partial charge is 0.370 e. The highest BCUT2D eigenvalue weighted by molar-refractivity contribution is 8.45. The quantitative estimate of drug-likeness (QED) is 0.388. The molecule has 0 aliphatic heterocycles. The fourth-order valence-electron chi connectivity index (χ4n) is 2.79. The summed E-state index contributed by atoms with van der Waals surface area (Å²) >= 11 is 0. The van der Waals surface area contributed by atoms with Crippen LogP contribution in [0.3, 0.4) is 0 Å². The first-order valence-corrected chi connectivity index (χ1v) is 11.9. The Labute approximate surface area is 169 Å². The van der Waals surface area contributed by atoms with Gasteiger partial charge in [-0.3, -0.25) is 4.79 Å². The van der Waals surface area contributed by atoms with E-state index in [4.69, 9.17) is 11.5 Å². The lowest BCUT2D eigenvalue weighted by molar-refractivity contribution is 0.100. The van der Waals surface area contributed by atoms with E-state index in [1.54, 1.807) is 0 Å². The number of rotatable bonds is 4. The van der Waals surface area contributed by atoms with E-state index in [1.165, 1.54) is 13.0 Å². The van der Waals surface area contributed by atoms with Crippen molar-refractivity contribution < 1.29 is 32.6 Å². The van der Waals surface area contributed by atoms with Crippen LogP contribution in [0.25, 0.3) is 11.1 Å². The van der Waals surface area contributed by atoms with Crippen LogP contribution in [-0.4, -0.2) is 26.5 Å². The molecule has 0 bridgehead atoms. The molecule has 166 valence electrons. The number of aliphatic imine (C=N–C) groups is 1. The average Bonchev–Trinajstić information content (AvgIpc) is 2.50. The number of carbonyl (C=O) groups excluding carboxylic acids is 1. The molecule has 1 amide bonds. The number of sulfone groups is 1. The van der Waals surface area contributed by atoms with Crippen LogP contribution in [-0.2, 0) is 9.84 Å². The molecule has 2 rings (SSSR count). The Kier molecular flexibility index (Phi) is 5.05. The Morgan fingerprint density at radius 2 is 1.50 bits per heavy atom. The van der Waals surface area contributed by atoms with Crippen LogP contribution in [0.4, 0.5) is 19.4 Å². The highest BCUT2D eigenvalue weighted by Crippen LogP contribution is 3.02. The lowest BCUT2D eigenvalue weighted by atomic mass is 9.96. The maximum Gasteiger partial charge on any atom is 0.310 e. The van der Waals surface area contributed by atoms with Crippen LogP contribution in [0, 0.1) is 13.8 Å². The van der Waals surface area contributed by atoms with Crippen molar-refractivity contribution in [2.45, 2.75) is 23.6 Å². The number of benzene rings is 2. The van der Waals surface area contributed by atoms with Crippen molar-refractivity contribution in [3.8, 4) is 11.1 Å². The lowest BCUT2D eigenvalue weighted by Crippen LogP contribution is -2.24. The zero-order valence-electron chi connectivity index (χ0n) is 15.9. The fraction of sp³-hybridized carbons (Fsp3) is 0.176. The van der Waals surface area contributed by atoms with E-state index in [1.807, 2.05) is 0 Å². The summed E-state index contributed by atoms with van der Waals surface area (Å²) in [6.07, 6.45) is 0.828. The molecule has 0 aliphatic rings. The summed E-state index contributed by atoms with van der Waals surface area (Å²) in [6.45, 7) is 2.58. The molecule has 6 nitrogen and oxygen atoms in total. The van der Waals surface area contributed by atoms with Gasteiger partial charge in [-0.25, -0.2) is 8.42 Å². The summed E-state index contributed by atoms with van der Waals surface area (Å²) in [5, 5.41) is 0. The van der Waals surface area contributed by atoms with Gasteiger partial charge in [-0.05, 0) is 54.8 Å². The number of guanidine groups is 1. The molecule has 0 atom stereocenters. The van der Waals surface area contributed by atoms with E-state index < -0.39 is 41.7 Å².